The molecule has 0 unspecified atom stereocenters. The Hall–Kier alpha value is -3.13. The van der Waals surface area contributed by atoms with Gasteiger partial charge in [0.2, 0.25) is 0 Å². The van der Waals surface area contributed by atoms with E-state index in [1.165, 1.54) is 21.5 Å². The van der Waals surface area contributed by atoms with E-state index in [2.05, 4.69) is 54.6 Å². The molecule has 0 bridgehead atoms. The molecule has 0 N–H and O–H groups in total. The van der Waals surface area contributed by atoms with Crippen LogP contribution in [0, 0.1) is 0 Å². The summed E-state index contributed by atoms with van der Waals surface area (Å²) in [6.45, 7) is 0. The molecule has 0 amide bonds. The van der Waals surface area contributed by atoms with Gasteiger partial charge < -0.3 is 4.74 Å². The van der Waals surface area contributed by atoms with E-state index >= 15 is 0 Å². The van der Waals surface area contributed by atoms with Crippen LogP contribution in [-0.2, 0) is 0 Å². The minimum Gasteiger partial charge on any atom is -0.497 e. The average Bonchev–Trinajstić information content (AvgIpc) is 2.65. The quantitative estimate of drug-likeness (QED) is 0.292. The lowest BCUT2D eigenvalue weighted by Crippen LogP contribution is -1.88. The van der Waals surface area contributed by atoms with E-state index in [0.29, 0.717) is 0 Å². The minimum atomic E-state index is 0.856. The maximum atomic E-state index is 5.33. The number of hydrogen-bond donors (Lipinski definition) is 0. The molecule has 2 nitrogen and oxygen atoms in total. The third-order valence-corrected chi connectivity index (χ3v) is 4.69. The van der Waals surface area contributed by atoms with Crippen LogP contribution in [0.2, 0.25) is 0 Å². The summed E-state index contributed by atoms with van der Waals surface area (Å²) >= 11 is 0. The topological polar surface area (TPSA) is 22.1 Å². The summed E-state index contributed by atoms with van der Waals surface area (Å²) in [5.41, 5.74) is 2.05. The second-order valence-corrected chi connectivity index (χ2v) is 6.07. The van der Waals surface area contributed by atoms with Gasteiger partial charge in [-0.15, -0.1) is 0 Å². The number of pyridine rings is 1. The van der Waals surface area contributed by atoms with Crippen molar-refractivity contribution in [3.63, 3.8) is 0 Å². The third-order valence-electron chi connectivity index (χ3n) is 4.69. The Balaban J connectivity index is 1.99. The Labute approximate surface area is 139 Å². The predicted octanol–water partition coefficient (Wildman–Crippen LogP) is 5.70. The van der Waals surface area contributed by atoms with Crippen molar-refractivity contribution in [3.05, 3.63) is 72.8 Å². The standard InChI is InChI=1S/C22H15NO/c1-24-18-10-11-20-17(13-18)12-16-9-8-15-7-6-14-4-2-3-5-19(14)21(15)22(16)23-20/h2-13H,1H3. The van der Waals surface area contributed by atoms with Crippen molar-refractivity contribution >= 4 is 43.4 Å². The van der Waals surface area contributed by atoms with E-state index in [0.717, 1.165) is 27.6 Å². The molecule has 0 radical (unpaired) electrons. The zero-order chi connectivity index (χ0) is 16.1. The van der Waals surface area contributed by atoms with Crippen molar-refractivity contribution in [2.75, 3.05) is 7.11 Å². The smallest absolute Gasteiger partial charge is 0.119 e. The third kappa shape index (κ3) is 1.86. The van der Waals surface area contributed by atoms with Crippen molar-refractivity contribution in [1.82, 2.24) is 4.98 Å². The van der Waals surface area contributed by atoms with Crippen LogP contribution < -0.4 is 4.74 Å². The first-order valence-corrected chi connectivity index (χ1v) is 8.02. The van der Waals surface area contributed by atoms with Crippen molar-refractivity contribution < 1.29 is 4.74 Å². The highest BCUT2D eigenvalue weighted by Gasteiger charge is 2.08. The molecule has 2 heteroatoms. The van der Waals surface area contributed by atoms with Crippen molar-refractivity contribution in [3.8, 4) is 5.75 Å². The first-order valence-electron chi connectivity index (χ1n) is 8.02. The molecule has 24 heavy (non-hydrogen) atoms. The van der Waals surface area contributed by atoms with Crippen molar-refractivity contribution in [2.45, 2.75) is 0 Å². The van der Waals surface area contributed by atoms with Crippen LogP contribution in [0.5, 0.6) is 5.75 Å². The molecule has 1 heterocycles. The number of methoxy groups -OCH3 is 1. The zero-order valence-electron chi connectivity index (χ0n) is 13.3. The second-order valence-electron chi connectivity index (χ2n) is 6.07. The van der Waals surface area contributed by atoms with Gasteiger partial charge >= 0.3 is 0 Å². The molecule has 0 fully saturated rings. The molecule has 0 aliphatic carbocycles. The number of ether oxygens (including phenoxy) is 1. The van der Waals surface area contributed by atoms with Crippen molar-refractivity contribution in [1.29, 1.82) is 0 Å². The van der Waals surface area contributed by atoms with Gasteiger partial charge in [-0.05, 0) is 40.4 Å². The summed E-state index contributed by atoms with van der Waals surface area (Å²) in [6, 6.07) is 25.4. The Morgan fingerprint density at radius 2 is 1.50 bits per heavy atom. The van der Waals surface area contributed by atoms with Crippen LogP contribution in [0.3, 0.4) is 0 Å². The number of aromatic nitrogens is 1. The van der Waals surface area contributed by atoms with Gasteiger partial charge in [-0.3, -0.25) is 0 Å². The number of rotatable bonds is 1. The second kappa shape index (κ2) is 4.93. The molecule has 0 saturated carbocycles. The van der Waals surface area contributed by atoms with Crippen LogP contribution in [0.4, 0.5) is 0 Å². The van der Waals surface area contributed by atoms with Crippen LogP contribution >= 0.6 is 0 Å². The predicted molar refractivity (Wildman–Crippen MR) is 101 cm³/mol. The molecular formula is C22H15NO. The fourth-order valence-corrected chi connectivity index (χ4v) is 3.50. The van der Waals surface area contributed by atoms with Gasteiger partial charge in [-0.1, -0.05) is 48.5 Å². The average molecular weight is 309 g/mol. The lowest BCUT2D eigenvalue weighted by molar-refractivity contribution is 0.415. The highest BCUT2D eigenvalue weighted by molar-refractivity contribution is 6.19. The highest BCUT2D eigenvalue weighted by atomic mass is 16.5. The van der Waals surface area contributed by atoms with E-state index in [9.17, 15) is 0 Å². The normalized spacial score (nSPS) is 11.5. The lowest BCUT2D eigenvalue weighted by atomic mass is 9.98. The molecule has 5 rings (SSSR count). The molecule has 0 spiro atoms. The van der Waals surface area contributed by atoms with Gasteiger partial charge in [0.25, 0.3) is 0 Å². The summed E-state index contributed by atoms with van der Waals surface area (Å²) in [5, 5.41) is 7.20. The van der Waals surface area contributed by atoms with E-state index in [-0.39, 0.29) is 0 Å². The van der Waals surface area contributed by atoms with E-state index < -0.39 is 0 Å². The maximum Gasteiger partial charge on any atom is 0.119 e. The molecule has 5 aromatic rings. The Bertz CT molecular complexity index is 1240. The Morgan fingerprint density at radius 3 is 2.38 bits per heavy atom. The van der Waals surface area contributed by atoms with Crippen LogP contribution in [0.25, 0.3) is 43.4 Å². The van der Waals surface area contributed by atoms with Gasteiger partial charge in [-0.25, -0.2) is 4.98 Å². The van der Waals surface area contributed by atoms with Gasteiger partial charge in [0, 0.05) is 16.2 Å². The van der Waals surface area contributed by atoms with Gasteiger partial charge in [-0.2, -0.15) is 0 Å². The molecule has 114 valence electrons. The summed E-state index contributed by atoms with van der Waals surface area (Å²) in [4.78, 5) is 4.98. The minimum absolute atomic E-state index is 0.856. The summed E-state index contributed by atoms with van der Waals surface area (Å²) in [5.74, 6) is 0.856. The lowest BCUT2D eigenvalue weighted by Gasteiger charge is -2.09. The number of benzene rings is 4. The molecule has 0 aliphatic heterocycles. The Kier molecular flexibility index (Phi) is 2.74. The highest BCUT2D eigenvalue weighted by Crippen LogP contribution is 2.33. The molecular weight excluding hydrogens is 294 g/mol. The van der Waals surface area contributed by atoms with E-state index in [1.54, 1.807) is 7.11 Å². The van der Waals surface area contributed by atoms with Crippen LogP contribution in [-0.4, -0.2) is 12.1 Å². The number of nitrogens with zero attached hydrogens (tertiary/aromatic N) is 1. The Morgan fingerprint density at radius 1 is 0.708 bits per heavy atom. The molecule has 0 saturated heterocycles. The molecule has 0 atom stereocenters. The van der Waals surface area contributed by atoms with Crippen molar-refractivity contribution in [2.24, 2.45) is 0 Å². The first kappa shape index (κ1) is 13.3. The first-order chi connectivity index (χ1) is 11.8. The zero-order valence-corrected chi connectivity index (χ0v) is 13.3. The van der Waals surface area contributed by atoms with Crippen LogP contribution in [0.15, 0.2) is 72.8 Å². The molecule has 0 aliphatic rings. The largest absolute Gasteiger partial charge is 0.497 e. The van der Waals surface area contributed by atoms with E-state index in [1.807, 2.05) is 18.2 Å². The fourth-order valence-electron chi connectivity index (χ4n) is 3.50. The van der Waals surface area contributed by atoms with Gasteiger partial charge in [0.1, 0.15) is 5.75 Å². The monoisotopic (exact) mass is 309 g/mol. The summed E-state index contributed by atoms with van der Waals surface area (Å²) in [7, 11) is 1.69. The van der Waals surface area contributed by atoms with Crippen LogP contribution in [0.1, 0.15) is 0 Å². The molecule has 1 aromatic heterocycles. The summed E-state index contributed by atoms with van der Waals surface area (Å²) < 4.78 is 5.33. The van der Waals surface area contributed by atoms with E-state index in [4.69, 9.17) is 9.72 Å². The number of fused-ring (bicyclic) bond motifs is 6. The fraction of sp³-hybridized carbons (Fsp3) is 0.0455. The van der Waals surface area contributed by atoms with Gasteiger partial charge in [0.15, 0.2) is 0 Å². The maximum absolute atomic E-state index is 5.33. The van der Waals surface area contributed by atoms with Gasteiger partial charge in [0.05, 0.1) is 18.1 Å². The summed E-state index contributed by atoms with van der Waals surface area (Å²) in [6.07, 6.45) is 0. The molecule has 4 aromatic carbocycles. The SMILES string of the molecule is COc1ccc2nc3c(ccc4ccc5ccccc5c43)cc2c1. The number of hydrogen-bond acceptors (Lipinski definition) is 2.